The zero-order valence-electron chi connectivity index (χ0n) is 13.8. The first kappa shape index (κ1) is 17.0. The van der Waals surface area contributed by atoms with Crippen molar-refractivity contribution >= 4 is 5.91 Å². The van der Waals surface area contributed by atoms with Crippen molar-refractivity contribution in [3.05, 3.63) is 47.3 Å². The summed E-state index contributed by atoms with van der Waals surface area (Å²) in [5.41, 5.74) is 1.93. The van der Waals surface area contributed by atoms with Gasteiger partial charge in [-0.1, -0.05) is 26.0 Å². The lowest BCUT2D eigenvalue weighted by atomic mass is 10.0. The van der Waals surface area contributed by atoms with Crippen LogP contribution in [0.3, 0.4) is 0 Å². The molecule has 0 aliphatic heterocycles. The Labute approximate surface area is 135 Å². The van der Waals surface area contributed by atoms with E-state index in [-0.39, 0.29) is 11.8 Å². The third kappa shape index (κ3) is 4.10. The van der Waals surface area contributed by atoms with Crippen LogP contribution in [0.2, 0.25) is 0 Å². The van der Waals surface area contributed by atoms with E-state index in [0.29, 0.717) is 11.3 Å². The van der Waals surface area contributed by atoms with Crippen molar-refractivity contribution in [1.29, 1.82) is 0 Å². The molecule has 124 valence electrons. The van der Waals surface area contributed by atoms with Crippen LogP contribution >= 0.6 is 0 Å². The van der Waals surface area contributed by atoms with Gasteiger partial charge in [-0.05, 0) is 36.6 Å². The molecule has 23 heavy (non-hydrogen) atoms. The minimum absolute atomic E-state index is 0.270. The van der Waals surface area contributed by atoms with Crippen LogP contribution in [0.15, 0.2) is 30.3 Å². The van der Waals surface area contributed by atoms with Crippen molar-refractivity contribution < 1.29 is 14.6 Å². The number of nitrogens with one attached hydrogen (secondary N) is 2. The molecular weight excluding hydrogens is 294 g/mol. The fraction of sp³-hybridized carbons (Fsp3) is 0.412. The predicted molar refractivity (Wildman–Crippen MR) is 87.6 cm³/mol. The number of rotatable bonds is 6. The number of ether oxygens (including phenoxy) is 1. The average Bonchev–Trinajstić information content (AvgIpc) is 3.04. The lowest BCUT2D eigenvalue weighted by molar-refractivity contribution is 0.0847. The van der Waals surface area contributed by atoms with Gasteiger partial charge in [-0.3, -0.25) is 9.89 Å². The van der Waals surface area contributed by atoms with E-state index in [1.807, 2.05) is 13.8 Å². The van der Waals surface area contributed by atoms with Crippen molar-refractivity contribution in [2.24, 2.45) is 0 Å². The molecule has 1 aromatic carbocycles. The van der Waals surface area contributed by atoms with Crippen molar-refractivity contribution in [2.75, 3.05) is 7.11 Å². The number of aromatic amines is 1. The number of nitrogens with zero attached hydrogens (tertiary/aromatic N) is 1. The quantitative estimate of drug-likeness (QED) is 0.763. The predicted octanol–water partition coefficient (Wildman–Crippen LogP) is 2.39. The molecule has 1 heterocycles. The van der Waals surface area contributed by atoms with Crippen LogP contribution in [0.1, 0.15) is 54.5 Å². The SMILES string of the molecule is COc1ccc(C(O)C(C)NC(=O)c2cc(C(C)C)[nH]n2)cc1. The highest BCUT2D eigenvalue weighted by Gasteiger charge is 2.20. The summed E-state index contributed by atoms with van der Waals surface area (Å²) in [6.45, 7) is 5.79. The van der Waals surface area contributed by atoms with Crippen molar-refractivity contribution in [3.63, 3.8) is 0 Å². The topological polar surface area (TPSA) is 87.2 Å². The van der Waals surface area contributed by atoms with E-state index in [2.05, 4.69) is 15.5 Å². The van der Waals surface area contributed by atoms with Gasteiger partial charge in [0.15, 0.2) is 0 Å². The van der Waals surface area contributed by atoms with Gasteiger partial charge in [-0.25, -0.2) is 0 Å². The Balaban J connectivity index is 2.01. The van der Waals surface area contributed by atoms with Gasteiger partial charge in [0, 0.05) is 5.69 Å². The number of amides is 1. The smallest absolute Gasteiger partial charge is 0.272 e. The second-order valence-electron chi connectivity index (χ2n) is 5.84. The molecule has 2 rings (SSSR count). The first-order chi connectivity index (χ1) is 10.9. The largest absolute Gasteiger partial charge is 0.497 e. The molecule has 0 spiro atoms. The summed E-state index contributed by atoms with van der Waals surface area (Å²) < 4.78 is 5.09. The van der Waals surface area contributed by atoms with Crippen molar-refractivity contribution in [1.82, 2.24) is 15.5 Å². The van der Waals surface area contributed by atoms with Gasteiger partial charge in [0.1, 0.15) is 11.4 Å². The number of aromatic nitrogens is 2. The van der Waals surface area contributed by atoms with E-state index in [4.69, 9.17) is 4.74 Å². The van der Waals surface area contributed by atoms with Crippen LogP contribution in [-0.4, -0.2) is 34.4 Å². The third-order valence-corrected chi connectivity index (χ3v) is 3.74. The summed E-state index contributed by atoms with van der Waals surface area (Å²) in [6.07, 6.45) is -0.812. The van der Waals surface area contributed by atoms with Gasteiger partial charge >= 0.3 is 0 Å². The number of carbonyl (C=O) groups is 1. The first-order valence-corrected chi connectivity index (χ1v) is 7.60. The summed E-state index contributed by atoms with van der Waals surface area (Å²) in [6, 6.07) is 8.38. The molecule has 6 heteroatoms. The lowest BCUT2D eigenvalue weighted by Crippen LogP contribution is -2.37. The van der Waals surface area contributed by atoms with Crippen molar-refractivity contribution in [3.8, 4) is 5.75 Å². The fourth-order valence-electron chi connectivity index (χ4n) is 2.20. The molecule has 0 aliphatic rings. The van der Waals surface area contributed by atoms with Gasteiger partial charge in [0.2, 0.25) is 0 Å². The Morgan fingerprint density at radius 1 is 1.26 bits per heavy atom. The normalized spacial score (nSPS) is 13.7. The molecule has 0 fully saturated rings. The van der Waals surface area contributed by atoms with Crippen LogP contribution in [0.25, 0.3) is 0 Å². The monoisotopic (exact) mass is 317 g/mol. The minimum Gasteiger partial charge on any atom is -0.497 e. The van der Waals surface area contributed by atoms with E-state index in [9.17, 15) is 9.90 Å². The average molecular weight is 317 g/mol. The van der Waals surface area contributed by atoms with E-state index >= 15 is 0 Å². The summed E-state index contributed by atoms with van der Waals surface area (Å²) in [7, 11) is 1.59. The molecule has 2 atom stereocenters. The zero-order chi connectivity index (χ0) is 17.0. The second-order valence-corrected chi connectivity index (χ2v) is 5.84. The Morgan fingerprint density at radius 3 is 2.43 bits per heavy atom. The van der Waals surface area contributed by atoms with Crippen LogP contribution in [0.4, 0.5) is 0 Å². The first-order valence-electron chi connectivity index (χ1n) is 7.60. The highest BCUT2D eigenvalue weighted by Crippen LogP contribution is 2.20. The molecule has 0 saturated carbocycles. The molecule has 3 N–H and O–H groups in total. The Morgan fingerprint density at radius 2 is 1.91 bits per heavy atom. The third-order valence-electron chi connectivity index (χ3n) is 3.74. The molecule has 6 nitrogen and oxygen atoms in total. The highest BCUT2D eigenvalue weighted by atomic mass is 16.5. The van der Waals surface area contributed by atoms with E-state index in [1.165, 1.54) is 0 Å². The maximum Gasteiger partial charge on any atom is 0.272 e. The number of aliphatic hydroxyl groups excluding tert-OH is 1. The van der Waals surface area contributed by atoms with Gasteiger partial charge in [0.25, 0.3) is 5.91 Å². The molecule has 2 aromatic rings. The molecule has 2 unspecified atom stereocenters. The van der Waals surface area contributed by atoms with E-state index in [0.717, 1.165) is 11.4 Å². The molecule has 1 amide bonds. The van der Waals surface area contributed by atoms with Crippen LogP contribution in [0, 0.1) is 0 Å². The number of hydrogen-bond acceptors (Lipinski definition) is 4. The van der Waals surface area contributed by atoms with Gasteiger partial charge in [-0.2, -0.15) is 5.10 Å². The van der Waals surface area contributed by atoms with Crippen LogP contribution in [-0.2, 0) is 0 Å². The van der Waals surface area contributed by atoms with Gasteiger partial charge < -0.3 is 15.2 Å². The van der Waals surface area contributed by atoms with Gasteiger partial charge in [-0.15, -0.1) is 0 Å². The number of carbonyl (C=O) groups excluding carboxylic acids is 1. The zero-order valence-corrected chi connectivity index (χ0v) is 13.8. The van der Waals surface area contributed by atoms with Crippen LogP contribution in [0.5, 0.6) is 5.75 Å². The summed E-state index contributed by atoms with van der Waals surface area (Å²) in [5.74, 6) is 0.676. The standard InChI is InChI=1S/C17H23N3O3/c1-10(2)14-9-15(20-19-14)17(22)18-11(3)16(21)12-5-7-13(23-4)8-6-12/h5-11,16,21H,1-4H3,(H,18,22)(H,19,20). The number of aliphatic hydroxyl groups is 1. The Bertz CT molecular complexity index is 649. The maximum atomic E-state index is 12.2. The fourth-order valence-corrected chi connectivity index (χ4v) is 2.20. The Kier molecular flexibility index (Phi) is 5.39. The summed E-state index contributed by atoms with van der Waals surface area (Å²) in [5, 5.41) is 20.0. The maximum absolute atomic E-state index is 12.2. The molecule has 0 aliphatic carbocycles. The molecule has 1 aromatic heterocycles. The second kappa shape index (κ2) is 7.28. The van der Waals surface area contributed by atoms with Gasteiger partial charge in [0.05, 0.1) is 19.3 Å². The van der Waals surface area contributed by atoms with Crippen LogP contribution < -0.4 is 10.1 Å². The highest BCUT2D eigenvalue weighted by molar-refractivity contribution is 5.92. The molecular formula is C17H23N3O3. The summed E-state index contributed by atoms with van der Waals surface area (Å²) >= 11 is 0. The summed E-state index contributed by atoms with van der Waals surface area (Å²) in [4.78, 5) is 12.2. The number of H-pyrrole nitrogens is 1. The number of hydrogen-bond donors (Lipinski definition) is 3. The van der Waals surface area contributed by atoms with E-state index < -0.39 is 12.1 Å². The number of methoxy groups -OCH3 is 1. The molecule has 0 saturated heterocycles. The van der Waals surface area contributed by atoms with Crippen molar-refractivity contribution in [2.45, 2.75) is 38.8 Å². The molecule has 0 radical (unpaired) electrons. The minimum atomic E-state index is -0.812. The number of benzene rings is 1. The molecule has 0 bridgehead atoms. The van der Waals surface area contributed by atoms with E-state index in [1.54, 1.807) is 44.4 Å². The Hall–Kier alpha value is -2.34. The lowest BCUT2D eigenvalue weighted by Gasteiger charge is -2.20.